The summed E-state index contributed by atoms with van der Waals surface area (Å²) in [5, 5.41) is 29.5. The first-order valence-corrected chi connectivity index (χ1v) is 8.20. The molecule has 0 amide bonds. The minimum atomic E-state index is -1.58. The van der Waals surface area contributed by atoms with E-state index in [0.29, 0.717) is 11.3 Å². The van der Waals surface area contributed by atoms with Gasteiger partial charge in [0.05, 0.1) is 30.5 Å². The normalized spacial score (nSPS) is 24.2. The van der Waals surface area contributed by atoms with Crippen LogP contribution in [-0.4, -0.2) is 7.11 Å². The minimum Gasteiger partial charge on any atom is -0.496 e. The van der Waals surface area contributed by atoms with E-state index in [1.807, 2.05) is 30.3 Å². The summed E-state index contributed by atoms with van der Waals surface area (Å²) < 4.78 is 5.49. The van der Waals surface area contributed by atoms with Gasteiger partial charge in [-0.1, -0.05) is 24.3 Å². The van der Waals surface area contributed by atoms with Gasteiger partial charge < -0.3 is 10.5 Å². The molecule has 0 bridgehead atoms. The van der Waals surface area contributed by atoms with Crippen LogP contribution in [-0.2, 0) is 0 Å². The van der Waals surface area contributed by atoms with E-state index in [9.17, 15) is 15.8 Å². The molecule has 1 aromatic carbocycles. The number of hydrogen-bond acceptors (Lipinski definition) is 5. The summed E-state index contributed by atoms with van der Waals surface area (Å²) in [6.45, 7) is 0. The molecule has 5 heteroatoms. The Labute approximate surface area is 147 Å². The maximum Gasteiger partial charge on any atom is 0.191 e. The molecule has 25 heavy (non-hydrogen) atoms. The molecule has 2 N–H and O–H groups in total. The monoisotopic (exact) mass is 330 g/mol. The van der Waals surface area contributed by atoms with Crippen LogP contribution < -0.4 is 10.5 Å². The summed E-state index contributed by atoms with van der Waals surface area (Å²) >= 11 is 0. The number of rotatable bonds is 2. The molecule has 2 atom stereocenters. The van der Waals surface area contributed by atoms with Gasteiger partial charge in [-0.3, -0.25) is 0 Å². The van der Waals surface area contributed by atoms with Gasteiger partial charge >= 0.3 is 0 Å². The van der Waals surface area contributed by atoms with Crippen LogP contribution in [0.2, 0.25) is 0 Å². The second-order valence-electron chi connectivity index (χ2n) is 6.35. The Balaban J connectivity index is 2.36. The zero-order chi connectivity index (χ0) is 18.0. The molecule has 2 aliphatic rings. The molecule has 0 fully saturated rings. The molecule has 3 rings (SSSR count). The van der Waals surface area contributed by atoms with Gasteiger partial charge in [0.25, 0.3) is 0 Å². The van der Waals surface area contributed by atoms with Crippen LogP contribution in [0.1, 0.15) is 30.7 Å². The highest BCUT2D eigenvalue weighted by atomic mass is 16.5. The van der Waals surface area contributed by atoms with E-state index in [1.54, 1.807) is 7.11 Å². The molecule has 0 aliphatic heterocycles. The third kappa shape index (κ3) is 2.27. The van der Waals surface area contributed by atoms with Crippen molar-refractivity contribution < 1.29 is 4.74 Å². The summed E-state index contributed by atoms with van der Waals surface area (Å²) in [5.74, 6) is 0.0501. The molecule has 1 aromatic rings. The fraction of sp³-hybridized carbons (Fsp3) is 0.350. The highest BCUT2D eigenvalue weighted by Gasteiger charge is 2.54. The number of fused-ring (bicyclic) bond motifs is 1. The van der Waals surface area contributed by atoms with Crippen LogP contribution in [0.15, 0.2) is 47.2 Å². The molecule has 0 heterocycles. The third-order valence-corrected chi connectivity index (χ3v) is 5.27. The molecule has 0 spiro atoms. The molecule has 0 saturated carbocycles. The standard InChI is InChI=1S/C20H18N4O/c1-25-17-9-5-4-8-15(17)18-14-7-3-2-6-13(14)16(10-21)19(24)20(18,11-22)12-23/h4-6,8-9,14,18H,2-3,7,24H2,1H3/t14-,18-/m0/s1. The Morgan fingerprint density at radius 3 is 2.56 bits per heavy atom. The van der Waals surface area contributed by atoms with Crippen LogP contribution >= 0.6 is 0 Å². The molecule has 0 aromatic heterocycles. The quantitative estimate of drug-likeness (QED) is 0.895. The summed E-state index contributed by atoms with van der Waals surface area (Å²) in [4.78, 5) is 0. The van der Waals surface area contributed by atoms with Crippen LogP contribution in [0, 0.1) is 45.3 Å². The molecular formula is C20H18N4O. The lowest BCUT2D eigenvalue weighted by atomic mass is 9.56. The molecule has 0 saturated heterocycles. The highest BCUT2D eigenvalue weighted by Crippen LogP contribution is 2.57. The Morgan fingerprint density at radius 2 is 1.92 bits per heavy atom. The van der Waals surface area contributed by atoms with Crippen molar-refractivity contribution in [2.24, 2.45) is 17.1 Å². The Morgan fingerprint density at radius 1 is 1.20 bits per heavy atom. The van der Waals surface area contributed by atoms with Crippen LogP contribution in [0.3, 0.4) is 0 Å². The van der Waals surface area contributed by atoms with Crippen molar-refractivity contribution in [2.75, 3.05) is 7.11 Å². The molecule has 2 aliphatic carbocycles. The molecular weight excluding hydrogens is 312 g/mol. The number of nitrogens with zero attached hydrogens (tertiary/aromatic N) is 3. The van der Waals surface area contributed by atoms with Crippen LogP contribution in [0.4, 0.5) is 0 Å². The molecule has 5 nitrogen and oxygen atoms in total. The average Bonchev–Trinajstić information content (AvgIpc) is 2.67. The number of nitriles is 3. The second kappa shape index (κ2) is 6.34. The topological polar surface area (TPSA) is 107 Å². The Kier molecular flexibility index (Phi) is 4.22. The van der Waals surface area contributed by atoms with E-state index in [0.717, 1.165) is 30.4 Å². The summed E-state index contributed by atoms with van der Waals surface area (Å²) in [6, 6.07) is 13.8. The van der Waals surface area contributed by atoms with Gasteiger partial charge in [0, 0.05) is 11.5 Å². The van der Waals surface area contributed by atoms with Crippen molar-refractivity contribution in [3.05, 3.63) is 52.7 Å². The van der Waals surface area contributed by atoms with Crippen molar-refractivity contribution >= 4 is 0 Å². The molecule has 0 radical (unpaired) electrons. The lowest BCUT2D eigenvalue weighted by molar-refractivity contribution is 0.305. The Bertz CT molecular complexity index is 877. The fourth-order valence-corrected chi connectivity index (χ4v) is 4.14. The SMILES string of the molecule is COc1ccccc1[C@@H]1[C@H]2CCCC=C2C(C#N)=C(N)C1(C#N)C#N. The number of hydrogen-bond donors (Lipinski definition) is 1. The van der Waals surface area contributed by atoms with E-state index < -0.39 is 11.3 Å². The van der Waals surface area contributed by atoms with Crippen molar-refractivity contribution in [3.63, 3.8) is 0 Å². The zero-order valence-electron chi connectivity index (χ0n) is 14.0. The van der Waals surface area contributed by atoms with E-state index in [1.165, 1.54) is 0 Å². The first-order valence-electron chi connectivity index (χ1n) is 8.20. The van der Waals surface area contributed by atoms with Crippen LogP contribution in [0.25, 0.3) is 0 Å². The van der Waals surface area contributed by atoms with Gasteiger partial charge in [-0.15, -0.1) is 0 Å². The van der Waals surface area contributed by atoms with Crippen molar-refractivity contribution in [2.45, 2.75) is 25.2 Å². The van der Waals surface area contributed by atoms with Gasteiger partial charge in [-0.2, -0.15) is 15.8 Å². The smallest absolute Gasteiger partial charge is 0.191 e. The van der Waals surface area contributed by atoms with E-state index in [4.69, 9.17) is 10.5 Å². The predicted octanol–water partition coefficient (Wildman–Crippen LogP) is 3.29. The maximum atomic E-state index is 9.95. The molecule has 0 unspecified atom stereocenters. The number of benzene rings is 1. The number of para-hydroxylation sites is 1. The first-order chi connectivity index (χ1) is 12.1. The number of methoxy groups -OCH3 is 1. The van der Waals surface area contributed by atoms with Gasteiger partial charge in [0.2, 0.25) is 0 Å². The van der Waals surface area contributed by atoms with E-state index in [2.05, 4.69) is 18.2 Å². The van der Waals surface area contributed by atoms with Gasteiger partial charge in [0.15, 0.2) is 5.41 Å². The largest absolute Gasteiger partial charge is 0.496 e. The number of allylic oxidation sites excluding steroid dienone is 4. The number of nitrogens with two attached hydrogens (primary N) is 1. The van der Waals surface area contributed by atoms with Crippen molar-refractivity contribution in [1.82, 2.24) is 0 Å². The molecule has 124 valence electrons. The van der Waals surface area contributed by atoms with E-state index >= 15 is 0 Å². The van der Waals surface area contributed by atoms with Gasteiger partial charge in [-0.25, -0.2) is 0 Å². The summed E-state index contributed by atoms with van der Waals surface area (Å²) in [7, 11) is 1.57. The van der Waals surface area contributed by atoms with Gasteiger partial charge in [0.1, 0.15) is 11.8 Å². The average molecular weight is 330 g/mol. The first kappa shape index (κ1) is 16.6. The maximum absolute atomic E-state index is 9.95. The zero-order valence-corrected chi connectivity index (χ0v) is 14.0. The second-order valence-corrected chi connectivity index (χ2v) is 6.35. The predicted molar refractivity (Wildman–Crippen MR) is 91.6 cm³/mol. The van der Waals surface area contributed by atoms with E-state index in [-0.39, 0.29) is 11.6 Å². The third-order valence-electron chi connectivity index (χ3n) is 5.27. The lowest BCUT2D eigenvalue weighted by Crippen LogP contribution is -2.42. The Hall–Kier alpha value is -3.23. The summed E-state index contributed by atoms with van der Waals surface area (Å²) in [5.41, 5.74) is 6.66. The van der Waals surface area contributed by atoms with Crippen molar-refractivity contribution in [3.8, 4) is 24.0 Å². The van der Waals surface area contributed by atoms with Crippen LogP contribution in [0.5, 0.6) is 5.75 Å². The fourth-order valence-electron chi connectivity index (χ4n) is 4.14. The van der Waals surface area contributed by atoms with Gasteiger partial charge in [-0.05, 0) is 36.8 Å². The summed E-state index contributed by atoms with van der Waals surface area (Å²) in [6.07, 6.45) is 4.65. The number of ether oxygens (including phenoxy) is 1. The lowest BCUT2D eigenvalue weighted by Gasteiger charge is -2.43. The van der Waals surface area contributed by atoms with Crippen molar-refractivity contribution in [1.29, 1.82) is 15.8 Å². The minimum absolute atomic E-state index is 0.0558. The highest BCUT2D eigenvalue weighted by molar-refractivity contribution is 5.60.